The third kappa shape index (κ3) is 3.18. The number of amides is 1. The molecule has 1 amide bonds. The lowest BCUT2D eigenvalue weighted by Crippen LogP contribution is -2.38. The first-order chi connectivity index (χ1) is 9.11. The Kier molecular flexibility index (Phi) is 4.28. The third-order valence-electron chi connectivity index (χ3n) is 3.14. The van der Waals surface area contributed by atoms with Gasteiger partial charge in [0.15, 0.2) is 6.10 Å². The van der Waals surface area contributed by atoms with Gasteiger partial charge in [0.1, 0.15) is 11.8 Å². The molecule has 0 bridgehead atoms. The molecule has 19 heavy (non-hydrogen) atoms. The summed E-state index contributed by atoms with van der Waals surface area (Å²) >= 11 is 5.92. The first-order valence-corrected chi connectivity index (χ1v) is 6.64. The molecule has 0 aliphatic carbocycles. The molecule has 100 valence electrons. The summed E-state index contributed by atoms with van der Waals surface area (Å²) in [5, 5.41) is 9.12. The van der Waals surface area contributed by atoms with Crippen LogP contribution in [-0.4, -0.2) is 30.0 Å². The van der Waals surface area contributed by atoms with E-state index in [1.54, 1.807) is 25.1 Å². The van der Waals surface area contributed by atoms with Crippen molar-refractivity contribution in [2.24, 2.45) is 0 Å². The number of ether oxygens (including phenoxy) is 1. The highest BCUT2D eigenvalue weighted by Crippen LogP contribution is 2.23. The maximum absolute atomic E-state index is 12.1. The minimum absolute atomic E-state index is 0.00187. The number of nitriles is 1. The zero-order chi connectivity index (χ0) is 13.8. The highest BCUT2D eigenvalue weighted by atomic mass is 35.5. The largest absolute Gasteiger partial charge is 0.481 e. The Morgan fingerprint density at radius 1 is 1.47 bits per heavy atom. The Balaban J connectivity index is 2.02. The van der Waals surface area contributed by atoms with Gasteiger partial charge >= 0.3 is 0 Å². The summed E-state index contributed by atoms with van der Waals surface area (Å²) in [6.07, 6.45) is 1.57. The summed E-state index contributed by atoms with van der Waals surface area (Å²) in [7, 11) is 0. The molecule has 1 aliphatic rings. The van der Waals surface area contributed by atoms with Crippen LogP contribution in [0.4, 0.5) is 0 Å². The predicted molar refractivity (Wildman–Crippen MR) is 72.1 cm³/mol. The van der Waals surface area contributed by atoms with Gasteiger partial charge in [0.05, 0.1) is 10.6 Å². The van der Waals surface area contributed by atoms with Gasteiger partial charge in [-0.3, -0.25) is 4.79 Å². The Labute approximate surface area is 117 Å². The van der Waals surface area contributed by atoms with Crippen LogP contribution >= 0.6 is 11.6 Å². The minimum atomic E-state index is -0.540. The van der Waals surface area contributed by atoms with E-state index in [9.17, 15) is 4.79 Å². The highest BCUT2D eigenvalue weighted by molar-refractivity contribution is 6.31. The van der Waals surface area contributed by atoms with E-state index in [4.69, 9.17) is 21.6 Å². The smallest absolute Gasteiger partial charge is 0.263 e. The van der Waals surface area contributed by atoms with Crippen molar-refractivity contribution in [1.29, 1.82) is 5.26 Å². The molecule has 0 spiro atoms. The molecule has 1 unspecified atom stereocenters. The molecule has 4 nitrogen and oxygen atoms in total. The van der Waals surface area contributed by atoms with Crippen molar-refractivity contribution in [3.63, 3.8) is 0 Å². The number of carbonyl (C=O) groups excluding carboxylic acids is 1. The van der Waals surface area contributed by atoms with E-state index in [1.165, 1.54) is 0 Å². The molecular formula is C14H15ClN2O2. The Bertz CT molecular complexity index is 519. The Morgan fingerprint density at radius 2 is 2.16 bits per heavy atom. The van der Waals surface area contributed by atoms with Gasteiger partial charge in [0.2, 0.25) is 0 Å². The Morgan fingerprint density at radius 3 is 2.74 bits per heavy atom. The molecule has 0 saturated carbocycles. The second-order valence-corrected chi connectivity index (χ2v) is 4.95. The summed E-state index contributed by atoms with van der Waals surface area (Å²) in [5.41, 5.74) is 0.396. The fraction of sp³-hybridized carbons (Fsp3) is 0.429. The summed E-state index contributed by atoms with van der Waals surface area (Å²) in [5.74, 6) is 0.502. The molecule has 1 fully saturated rings. The monoisotopic (exact) mass is 278 g/mol. The maximum atomic E-state index is 12.1. The molecule has 5 heteroatoms. The number of halogens is 1. The molecule has 1 saturated heterocycles. The summed E-state index contributed by atoms with van der Waals surface area (Å²) in [4.78, 5) is 13.9. The third-order valence-corrected chi connectivity index (χ3v) is 3.45. The van der Waals surface area contributed by atoms with Crippen molar-refractivity contribution in [2.75, 3.05) is 13.1 Å². The van der Waals surface area contributed by atoms with E-state index in [-0.39, 0.29) is 5.91 Å². The average molecular weight is 279 g/mol. The van der Waals surface area contributed by atoms with Crippen LogP contribution in [0.5, 0.6) is 5.75 Å². The summed E-state index contributed by atoms with van der Waals surface area (Å²) in [6, 6.07) is 6.78. The highest BCUT2D eigenvalue weighted by Gasteiger charge is 2.24. The van der Waals surface area contributed by atoms with Crippen LogP contribution in [0.2, 0.25) is 5.02 Å². The number of benzene rings is 1. The van der Waals surface area contributed by atoms with Crippen LogP contribution in [0.3, 0.4) is 0 Å². The fourth-order valence-corrected chi connectivity index (χ4v) is 2.32. The SMILES string of the molecule is CC(Oc1ccc(C#N)c(Cl)c1)C(=O)N1CCCC1. The normalized spacial score (nSPS) is 15.9. The van der Waals surface area contributed by atoms with Gasteiger partial charge in [0, 0.05) is 19.2 Å². The van der Waals surface area contributed by atoms with E-state index >= 15 is 0 Å². The molecule has 2 rings (SSSR count). The van der Waals surface area contributed by atoms with Gasteiger partial charge < -0.3 is 9.64 Å². The second-order valence-electron chi connectivity index (χ2n) is 4.55. The van der Waals surface area contributed by atoms with Gasteiger partial charge in [-0.2, -0.15) is 5.26 Å². The van der Waals surface area contributed by atoms with Gasteiger partial charge in [0.25, 0.3) is 5.91 Å². The first-order valence-electron chi connectivity index (χ1n) is 6.27. The summed E-state index contributed by atoms with van der Waals surface area (Å²) < 4.78 is 5.58. The van der Waals surface area contributed by atoms with Crippen molar-refractivity contribution in [3.05, 3.63) is 28.8 Å². The number of carbonyl (C=O) groups is 1. The van der Waals surface area contributed by atoms with Gasteiger partial charge in [-0.15, -0.1) is 0 Å². The first kappa shape index (κ1) is 13.7. The van der Waals surface area contributed by atoms with Crippen molar-refractivity contribution in [2.45, 2.75) is 25.9 Å². The summed E-state index contributed by atoms with van der Waals surface area (Å²) in [6.45, 7) is 3.34. The van der Waals surface area contributed by atoms with E-state index in [0.717, 1.165) is 25.9 Å². The predicted octanol–water partition coefficient (Wildman–Crippen LogP) is 2.60. The van der Waals surface area contributed by atoms with Crippen molar-refractivity contribution < 1.29 is 9.53 Å². The van der Waals surface area contributed by atoms with Crippen LogP contribution in [0.1, 0.15) is 25.3 Å². The van der Waals surface area contributed by atoms with Crippen LogP contribution in [0.25, 0.3) is 0 Å². The zero-order valence-electron chi connectivity index (χ0n) is 10.7. The number of likely N-dealkylation sites (tertiary alicyclic amines) is 1. The van der Waals surface area contributed by atoms with Crippen LogP contribution in [-0.2, 0) is 4.79 Å². The van der Waals surface area contributed by atoms with Gasteiger partial charge in [-0.25, -0.2) is 0 Å². The average Bonchev–Trinajstić information content (AvgIpc) is 2.92. The zero-order valence-corrected chi connectivity index (χ0v) is 11.5. The molecule has 1 aliphatic heterocycles. The fourth-order valence-electron chi connectivity index (χ4n) is 2.11. The van der Waals surface area contributed by atoms with Crippen molar-refractivity contribution in [1.82, 2.24) is 4.90 Å². The van der Waals surface area contributed by atoms with Crippen molar-refractivity contribution >= 4 is 17.5 Å². The van der Waals surface area contributed by atoms with E-state index in [2.05, 4.69) is 0 Å². The standard InChI is InChI=1S/C14H15ClN2O2/c1-10(14(18)17-6-2-3-7-17)19-12-5-4-11(9-16)13(15)8-12/h4-5,8,10H,2-3,6-7H2,1H3. The molecule has 0 aromatic heterocycles. The number of nitrogens with zero attached hydrogens (tertiary/aromatic N) is 2. The van der Waals surface area contributed by atoms with E-state index < -0.39 is 6.10 Å². The molecule has 1 heterocycles. The lowest BCUT2D eigenvalue weighted by atomic mass is 10.2. The maximum Gasteiger partial charge on any atom is 0.263 e. The number of hydrogen-bond donors (Lipinski definition) is 0. The molecule has 1 atom stereocenters. The molecule has 0 radical (unpaired) electrons. The van der Waals surface area contributed by atoms with Gasteiger partial charge in [-0.05, 0) is 31.9 Å². The topological polar surface area (TPSA) is 53.3 Å². The lowest BCUT2D eigenvalue weighted by molar-refractivity contribution is -0.136. The van der Waals surface area contributed by atoms with Crippen LogP contribution < -0.4 is 4.74 Å². The number of rotatable bonds is 3. The van der Waals surface area contributed by atoms with E-state index in [0.29, 0.717) is 16.3 Å². The lowest BCUT2D eigenvalue weighted by Gasteiger charge is -2.21. The molecular weight excluding hydrogens is 264 g/mol. The minimum Gasteiger partial charge on any atom is -0.481 e. The second kappa shape index (κ2) is 5.94. The number of hydrogen-bond acceptors (Lipinski definition) is 3. The molecule has 1 aromatic carbocycles. The van der Waals surface area contributed by atoms with Crippen LogP contribution in [0.15, 0.2) is 18.2 Å². The Hall–Kier alpha value is -1.73. The van der Waals surface area contributed by atoms with Crippen molar-refractivity contribution in [3.8, 4) is 11.8 Å². The van der Waals surface area contributed by atoms with Gasteiger partial charge in [-0.1, -0.05) is 11.6 Å². The van der Waals surface area contributed by atoms with Crippen LogP contribution in [0, 0.1) is 11.3 Å². The molecule has 0 N–H and O–H groups in total. The quantitative estimate of drug-likeness (QED) is 0.854. The van der Waals surface area contributed by atoms with E-state index in [1.807, 2.05) is 11.0 Å². The molecule has 1 aromatic rings.